The summed E-state index contributed by atoms with van der Waals surface area (Å²) in [4.78, 5) is 0.169. The molecule has 0 N–H and O–H groups in total. The van der Waals surface area contributed by atoms with Gasteiger partial charge in [0.05, 0.1) is 7.11 Å². The standard InChI is InChI=1S/C15H16BrNO3S/c1-17(11-12-7-3-4-8-13(12)16)21(18,19)15-10-6-5-9-14(15)20-2/h3-10H,11H2,1-2H3. The second kappa shape index (κ2) is 6.60. The zero-order valence-electron chi connectivity index (χ0n) is 11.8. The maximum atomic E-state index is 12.7. The number of benzene rings is 2. The van der Waals surface area contributed by atoms with Gasteiger partial charge in [-0.05, 0) is 23.8 Å². The third-order valence-electron chi connectivity index (χ3n) is 3.11. The van der Waals surface area contributed by atoms with Gasteiger partial charge in [-0.3, -0.25) is 0 Å². The van der Waals surface area contributed by atoms with Gasteiger partial charge in [0.15, 0.2) is 0 Å². The number of methoxy groups -OCH3 is 1. The maximum Gasteiger partial charge on any atom is 0.246 e. The van der Waals surface area contributed by atoms with Crippen LogP contribution in [0.4, 0.5) is 0 Å². The molecule has 0 heterocycles. The Labute approximate surface area is 133 Å². The summed E-state index contributed by atoms with van der Waals surface area (Å²) in [5.41, 5.74) is 0.901. The van der Waals surface area contributed by atoms with Crippen LogP contribution in [0.1, 0.15) is 5.56 Å². The Morgan fingerprint density at radius 1 is 1.10 bits per heavy atom. The second-order valence-corrected chi connectivity index (χ2v) is 7.37. The van der Waals surface area contributed by atoms with E-state index in [4.69, 9.17) is 4.74 Å². The summed E-state index contributed by atoms with van der Waals surface area (Å²) in [6.07, 6.45) is 0. The van der Waals surface area contributed by atoms with Gasteiger partial charge in [0.25, 0.3) is 0 Å². The van der Waals surface area contributed by atoms with Crippen molar-refractivity contribution in [3.05, 3.63) is 58.6 Å². The number of nitrogens with zero attached hydrogens (tertiary/aromatic N) is 1. The molecule has 0 fully saturated rings. The molecule has 0 radical (unpaired) electrons. The first kappa shape index (κ1) is 16.0. The molecule has 0 atom stereocenters. The van der Waals surface area contributed by atoms with Gasteiger partial charge in [-0.2, -0.15) is 4.31 Å². The Morgan fingerprint density at radius 3 is 2.38 bits per heavy atom. The third-order valence-corrected chi connectivity index (χ3v) is 5.72. The molecule has 0 unspecified atom stereocenters. The van der Waals surface area contributed by atoms with Crippen LogP contribution in [0, 0.1) is 0 Å². The summed E-state index contributed by atoms with van der Waals surface area (Å²) in [7, 11) is -0.592. The summed E-state index contributed by atoms with van der Waals surface area (Å²) in [5, 5.41) is 0. The molecular weight excluding hydrogens is 354 g/mol. The second-order valence-electron chi connectivity index (χ2n) is 4.50. The van der Waals surface area contributed by atoms with Crippen molar-refractivity contribution in [2.45, 2.75) is 11.4 Å². The molecule has 0 spiro atoms. The minimum Gasteiger partial charge on any atom is -0.495 e. The van der Waals surface area contributed by atoms with Crippen molar-refractivity contribution in [3.63, 3.8) is 0 Å². The molecule has 0 aliphatic rings. The van der Waals surface area contributed by atoms with Gasteiger partial charge in [0.2, 0.25) is 10.0 Å². The lowest BCUT2D eigenvalue weighted by molar-refractivity contribution is 0.397. The van der Waals surface area contributed by atoms with Gasteiger partial charge in [-0.25, -0.2) is 8.42 Å². The van der Waals surface area contributed by atoms with Gasteiger partial charge < -0.3 is 4.74 Å². The van der Waals surface area contributed by atoms with Crippen LogP contribution >= 0.6 is 15.9 Å². The molecule has 0 saturated carbocycles. The highest BCUT2D eigenvalue weighted by molar-refractivity contribution is 9.10. The maximum absolute atomic E-state index is 12.7. The number of sulfonamides is 1. The zero-order valence-corrected chi connectivity index (χ0v) is 14.2. The summed E-state index contributed by atoms with van der Waals surface area (Å²) >= 11 is 3.43. The first-order valence-corrected chi connectivity index (χ1v) is 8.53. The van der Waals surface area contributed by atoms with Crippen molar-refractivity contribution in [2.24, 2.45) is 0 Å². The van der Waals surface area contributed by atoms with Crippen LogP contribution in [0.2, 0.25) is 0 Å². The Balaban J connectivity index is 2.33. The highest BCUT2D eigenvalue weighted by atomic mass is 79.9. The molecule has 112 valence electrons. The first-order chi connectivity index (χ1) is 9.96. The van der Waals surface area contributed by atoms with Crippen LogP contribution in [0.25, 0.3) is 0 Å². The van der Waals surface area contributed by atoms with Crippen LogP contribution in [-0.2, 0) is 16.6 Å². The average Bonchev–Trinajstić information content (AvgIpc) is 2.49. The van der Waals surface area contributed by atoms with Crippen LogP contribution in [-0.4, -0.2) is 26.9 Å². The van der Waals surface area contributed by atoms with Crippen LogP contribution in [0.3, 0.4) is 0 Å². The fourth-order valence-corrected chi connectivity index (χ4v) is 3.66. The van der Waals surface area contributed by atoms with Gasteiger partial charge >= 0.3 is 0 Å². The molecule has 2 rings (SSSR count). The quantitative estimate of drug-likeness (QED) is 0.812. The number of para-hydroxylation sites is 1. The largest absolute Gasteiger partial charge is 0.495 e. The molecule has 6 heteroatoms. The van der Waals surface area contributed by atoms with Crippen molar-refractivity contribution in [1.82, 2.24) is 4.31 Å². The van der Waals surface area contributed by atoms with E-state index in [0.717, 1.165) is 10.0 Å². The highest BCUT2D eigenvalue weighted by Crippen LogP contribution is 2.27. The summed E-state index contributed by atoms with van der Waals surface area (Å²) in [5.74, 6) is 0.344. The number of hydrogen-bond donors (Lipinski definition) is 0. The minimum atomic E-state index is -3.61. The lowest BCUT2D eigenvalue weighted by atomic mass is 10.2. The van der Waals surface area contributed by atoms with Crippen molar-refractivity contribution in [2.75, 3.05) is 14.2 Å². The molecular formula is C15H16BrNO3S. The van der Waals surface area contributed by atoms with Gasteiger partial charge in [-0.1, -0.05) is 46.3 Å². The monoisotopic (exact) mass is 369 g/mol. The molecule has 2 aromatic carbocycles. The topological polar surface area (TPSA) is 46.6 Å². The molecule has 0 aliphatic carbocycles. The fraction of sp³-hybridized carbons (Fsp3) is 0.200. The van der Waals surface area contributed by atoms with E-state index in [1.165, 1.54) is 11.4 Å². The molecule has 21 heavy (non-hydrogen) atoms. The molecule has 4 nitrogen and oxygen atoms in total. The number of halogens is 1. The Morgan fingerprint density at radius 2 is 1.71 bits per heavy atom. The van der Waals surface area contributed by atoms with E-state index in [2.05, 4.69) is 15.9 Å². The van der Waals surface area contributed by atoms with E-state index in [1.54, 1.807) is 31.3 Å². The van der Waals surface area contributed by atoms with Gasteiger partial charge in [0.1, 0.15) is 10.6 Å². The van der Waals surface area contributed by atoms with Crippen LogP contribution in [0.15, 0.2) is 57.9 Å². The molecule has 0 amide bonds. The predicted octanol–water partition coefficient (Wildman–Crippen LogP) is 3.28. The molecule has 0 aliphatic heterocycles. The fourth-order valence-electron chi connectivity index (χ4n) is 1.95. The van der Waals surface area contributed by atoms with Crippen LogP contribution in [0.5, 0.6) is 5.75 Å². The average molecular weight is 370 g/mol. The Kier molecular flexibility index (Phi) is 5.03. The summed E-state index contributed by atoms with van der Waals surface area (Å²) in [6.45, 7) is 0.280. The van der Waals surface area contributed by atoms with E-state index < -0.39 is 10.0 Å². The summed E-state index contributed by atoms with van der Waals surface area (Å²) < 4.78 is 32.6. The Bertz CT molecular complexity index is 731. The number of ether oxygens (including phenoxy) is 1. The SMILES string of the molecule is COc1ccccc1S(=O)(=O)N(C)Cc1ccccc1Br. The highest BCUT2D eigenvalue weighted by Gasteiger charge is 2.24. The predicted molar refractivity (Wildman–Crippen MR) is 85.8 cm³/mol. The number of rotatable bonds is 5. The van der Waals surface area contributed by atoms with E-state index in [0.29, 0.717) is 5.75 Å². The normalized spacial score (nSPS) is 11.6. The van der Waals surface area contributed by atoms with E-state index >= 15 is 0 Å². The van der Waals surface area contributed by atoms with Crippen molar-refractivity contribution >= 4 is 26.0 Å². The molecule has 0 aromatic heterocycles. The smallest absolute Gasteiger partial charge is 0.246 e. The summed E-state index contributed by atoms with van der Waals surface area (Å²) in [6, 6.07) is 14.2. The van der Waals surface area contributed by atoms with Gasteiger partial charge in [0, 0.05) is 18.1 Å². The Hall–Kier alpha value is -1.37. The van der Waals surface area contributed by atoms with Crippen molar-refractivity contribution in [3.8, 4) is 5.75 Å². The molecule has 0 saturated heterocycles. The van der Waals surface area contributed by atoms with Crippen molar-refractivity contribution < 1.29 is 13.2 Å². The van der Waals surface area contributed by atoms with E-state index in [1.807, 2.05) is 24.3 Å². The lowest BCUT2D eigenvalue weighted by Gasteiger charge is -2.19. The lowest BCUT2D eigenvalue weighted by Crippen LogP contribution is -2.27. The van der Waals surface area contributed by atoms with Gasteiger partial charge in [-0.15, -0.1) is 0 Å². The molecule has 2 aromatic rings. The van der Waals surface area contributed by atoms with Crippen LogP contribution < -0.4 is 4.74 Å². The zero-order chi connectivity index (χ0) is 15.5. The minimum absolute atomic E-state index is 0.169. The third kappa shape index (κ3) is 3.45. The first-order valence-electron chi connectivity index (χ1n) is 6.29. The van der Waals surface area contributed by atoms with E-state index in [9.17, 15) is 8.42 Å². The number of hydrogen-bond acceptors (Lipinski definition) is 3. The molecule has 0 bridgehead atoms. The van der Waals surface area contributed by atoms with Crippen molar-refractivity contribution in [1.29, 1.82) is 0 Å². The van der Waals surface area contributed by atoms with E-state index in [-0.39, 0.29) is 11.4 Å².